The van der Waals surface area contributed by atoms with Crippen molar-refractivity contribution in [1.82, 2.24) is 0 Å². The van der Waals surface area contributed by atoms with Crippen LogP contribution in [0.3, 0.4) is 0 Å². The van der Waals surface area contributed by atoms with Crippen molar-refractivity contribution < 1.29 is 19.4 Å². The largest absolute Gasteiger partial charge is 0.508 e. The summed E-state index contributed by atoms with van der Waals surface area (Å²) in [5.41, 5.74) is 2.83. The second kappa shape index (κ2) is 6.76. The van der Waals surface area contributed by atoms with E-state index < -0.39 is 11.9 Å². The van der Waals surface area contributed by atoms with E-state index in [-0.39, 0.29) is 12.4 Å². The van der Waals surface area contributed by atoms with E-state index in [0.29, 0.717) is 11.3 Å². The van der Waals surface area contributed by atoms with Crippen molar-refractivity contribution in [3.8, 4) is 5.75 Å². The number of anilines is 1. The van der Waals surface area contributed by atoms with Crippen molar-refractivity contribution in [2.45, 2.75) is 13.8 Å². The van der Waals surface area contributed by atoms with Crippen molar-refractivity contribution in [1.29, 1.82) is 0 Å². The number of esters is 1. The second-order valence-corrected chi connectivity index (χ2v) is 4.99. The maximum Gasteiger partial charge on any atom is 0.338 e. The Kier molecular flexibility index (Phi) is 4.78. The van der Waals surface area contributed by atoms with Crippen LogP contribution in [0.25, 0.3) is 0 Å². The molecule has 0 saturated carbocycles. The number of carbonyl (C=O) groups is 2. The van der Waals surface area contributed by atoms with Crippen LogP contribution in [0.1, 0.15) is 21.5 Å². The van der Waals surface area contributed by atoms with Crippen LogP contribution >= 0.6 is 0 Å². The summed E-state index contributed by atoms with van der Waals surface area (Å²) in [6, 6.07) is 11.4. The number of hydrogen-bond acceptors (Lipinski definition) is 4. The van der Waals surface area contributed by atoms with E-state index in [1.54, 1.807) is 18.2 Å². The fourth-order valence-electron chi connectivity index (χ4n) is 1.99. The number of ether oxygens (including phenoxy) is 1. The summed E-state index contributed by atoms with van der Waals surface area (Å²) in [4.78, 5) is 23.7. The summed E-state index contributed by atoms with van der Waals surface area (Å²) < 4.78 is 5.01. The fraction of sp³-hybridized carbons (Fsp3) is 0.176. The van der Waals surface area contributed by atoms with Gasteiger partial charge in [-0.25, -0.2) is 4.79 Å². The van der Waals surface area contributed by atoms with Crippen LogP contribution in [0.2, 0.25) is 0 Å². The zero-order valence-electron chi connectivity index (χ0n) is 12.4. The zero-order valence-corrected chi connectivity index (χ0v) is 12.4. The lowest BCUT2D eigenvalue weighted by molar-refractivity contribution is -0.119. The molecule has 114 valence electrons. The molecule has 0 atom stereocenters. The first-order valence-electron chi connectivity index (χ1n) is 6.79. The first kappa shape index (κ1) is 15.6. The molecule has 0 spiro atoms. The van der Waals surface area contributed by atoms with E-state index in [1.807, 2.05) is 26.0 Å². The summed E-state index contributed by atoms with van der Waals surface area (Å²) >= 11 is 0. The lowest BCUT2D eigenvalue weighted by atomic mass is 10.1. The van der Waals surface area contributed by atoms with Gasteiger partial charge in [-0.15, -0.1) is 0 Å². The molecule has 5 nitrogen and oxygen atoms in total. The van der Waals surface area contributed by atoms with Gasteiger partial charge in [0.05, 0.1) is 5.56 Å². The van der Waals surface area contributed by atoms with Crippen LogP contribution < -0.4 is 5.32 Å². The van der Waals surface area contributed by atoms with Crippen LogP contribution in [-0.2, 0) is 9.53 Å². The van der Waals surface area contributed by atoms with Crippen LogP contribution in [0.15, 0.2) is 42.5 Å². The molecular weight excluding hydrogens is 282 g/mol. The Balaban J connectivity index is 1.90. The van der Waals surface area contributed by atoms with Gasteiger partial charge >= 0.3 is 5.97 Å². The molecule has 0 saturated heterocycles. The van der Waals surface area contributed by atoms with E-state index in [1.165, 1.54) is 12.1 Å². The summed E-state index contributed by atoms with van der Waals surface area (Å²) in [5, 5.41) is 11.7. The zero-order chi connectivity index (χ0) is 16.1. The van der Waals surface area contributed by atoms with Gasteiger partial charge in [-0.05, 0) is 49.7 Å². The fourth-order valence-corrected chi connectivity index (χ4v) is 1.99. The van der Waals surface area contributed by atoms with E-state index in [4.69, 9.17) is 9.84 Å². The third kappa shape index (κ3) is 4.09. The number of carbonyl (C=O) groups excluding carboxylic acids is 2. The molecule has 22 heavy (non-hydrogen) atoms. The number of phenolic OH excluding ortho intramolecular Hbond substituents is 1. The van der Waals surface area contributed by atoms with Gasteiger partial charge < -0.3 is 15.2 Å². The molecule has 0 radical (unpaired) electrons. The molecule has 0 fully saturated rings. The van der Waals surface area contributed by atoms with Gasteiger partial charge in [0.15, 0.2) is 6.61 Å². The number of phenols is 1. The minimum absolute atomic E-state index is 0.110. The number of aryl methyl sites for hydroxylation is 2. The van der Waals surface area contributed by atoms with Crippen LogP contribution in [0, 0.1) is 13.8 Å². The highest BCUT2D eigenvalue weighted by Gasteiger charge is 2.12. The second-order valence-electron chi connectivity index (χ2n) is 4.99. The number of nitrogens with one attached hydrogen (secondary N) is 1. The average molecular weight is 299 g/mol. The van der Waals surface area contributed by atoms with Crippen molar-refractivity contribution in [3.05, 3.63) is 59.2 Å². The molecule has 2 N–H and O–H groups in total. The number of aromatic hydroxyl groups is 1. The molecule has 2 aromatic carbocycles. The third-order valence-electron chi connectivity index (χ3n) is 3.09. The Morgan fingerprint density at radius 2 is 1.77 bits per heavy atom. The Morgan fingerprint density at radius 3 is 2.41 bits per heavy atom. The van der Waals surface area contributed by atoms with E-state index in [9.17, 15) is 9.59 Å². The molecule has 0 aliphatic carbocycles. The minimum Gasteiger partial charge on any atom is -0.508 e. The molecule has 0 heterocycles. The standard InChI is InChI=1S/C17H17NO4/c1-11-3-8-15(12(2)9-11)17(21)22-10-16(20)18-13-4-6-14(19)7-5-13/h3-9,19H,10H2,1-2H3,(H,18,20). The van der Waals surface area contributed by atoms with E-state index >= 15 is 0 Å². The summed E-state index contributed by atoms with van der Waals surface area (Å²) in [7, 11) is 0. The lowest BCUT2D eigenvalue weighted by Gasteiger charge is -2.08. The predicted molar refractivity (Wildman–Crippen MR) is 82.9 cm³/mol. The van der Waals surface area contributed by atoms with Crippen LogP contribution in [0.4, 0.5) is 5.69 Å². The number of rotatable bonds is 4. The van der Waals surface area contributed by atoms with Gasteiger partial charge in [0.25, 0.3) is 5.91 Å². The van der Waals surface area contributed by atoms with Crippen LogP contribution in [-0.4, -0.2) is 23.6 Å². The Labute approximate surface area is 128 Å². The summed E-state index contributed by atoms with van der Waals surface area (Å²) in [5.74, 6) is -0.860. The molecule has 2 aromatic rings. The topological polar surface area (TPSA) is 75.6 Å². The number of hydrogen-bond donors (Lipinski definition) is 2. The molecule has 5 heteroatoms. The molecule has 0 bridgehead atoms. The Hall–Kier alpha value is -2.82. The van der Waals surface area contributed by atoms with Gasteiger partial charge in [-0.2, -0.15) is 0 Å². The molecule has 1 amide bonds. The van der Waals surface area contributed by atoms with Crippen molar-refractivity contribution in [2.75, 3.05) is 11.9 Å². The minimum atomic E-state index is -0.529. The van der Waals surface area contributed by atoms with E-state index in [0.717, 1.165) is 11.1 Å². The molecule has 2 rings (SSSR count). The highest BCUT2D eigenvalue weighted by atomic mass is 16.5. The Bertz CT molecular complexity index is 692. The third-order valence-corrected chi connectivity index (χ3v) is 3.09. The van der Waals surface area contributed by atoms with Gasteiger partial charge in [-0.1, -0.05) is 17.7 Å². The lowest BCUT2D eigenvalue weighted by Crippen LogP contribution is -2.21. The first-order valence-corrected chi connectivity index (χ1v) is 6.79. The first-order chi connectivity index (χ1) is 10.5. The highest BCUT2D eigenvalue weighted by molar-refractivity contribution is 5.96. The molecule has 0 unspecified atom stereocenters. The maximum atomic E-state index is 11.9. The maximum absolute atomic E-state index is 11.9. The van der Waals surface area contributed by atoms with Gasteiger partial charge in [0.1, 0.15) is 5.75 Å². The SMILES string of the molecule is Cc1ccc(C(=O)OCC(=O)Nc2ccc(O)cc2)c(C)c1. The van der Waals surface area contributed by atoms with Crippen molar-refractivity contribution >= 4 is 17.6 Å². The normalized spacial score (nSPS) is 10.1. The summed E-state index contributed by atoms with van der Waals surface area (Å²) in [6.45, 7) is 3.39. The predicted octanol–water partition coefficient (Wildman–Crippen LogP) is 2.80. The van der Waals surface area contributed by atoms with Gasteiger partial charge in [0.2, 0.25) is 0 Å². The summed E-state index contributed by atoms with van der Waals surface area (Å²) in [6.07, 6.45) is 0. The smallest absolute Gasteiger partial charge is 0.338 e. The monoisotopic (exact) mass is 299 g/mol. The van der Waals surface area contributed by atoms with E-state index in [2.05, 4.69) is 5.32 Å². The van der Waals surface area contributed by atoms with Crippen molar-refractivity contribution in [3.63, 3.8) is 0 Å². The molecular formula is C17H17NO4. The highest BCUT2D eigenvalue weighted by Crippen LogP contribution is 2.14. The quantitative estimate of drug-likeness (QED) is 0.672. The average Bonchev–Trinajstić information content (AvgIpc) is 2.47. The molecule has 0 aliphatic heterocycles. The molecule has 0 aliphatic rings. The van der Waals surface area contributed by atoms with Crippen molar-refractivity contribution in [2.24, 2.45) is 0 Å². The number of benzene rings is 2. The van der Waals surface area contributed by atoms with Gasteiger partial charge in [0, 0.05) is 5.69 Å². The molecule has 0 aromatic heterocycles. The van der Waals surface area contributed by atoms with Gasteiger partial charge in [-0.3, -0.25) is 4.79 Å². The Morgan fingerprint density at radius 1 is 1.09 bits per heavy atom. The number of amides is 1. The van der Waals surface area contributed by atoms with Crippen LogP contribution in [0.5, 0.6) is 5.75 Å².